The number of hydrogen-bond acceptors (Lipinski definition) is 6. The van der Waals surface area contributed by atoms with Gasteiger partial charge in [0.1, 0.15) is 5.82 Å². The number of hydrogen-bond donors (Lipinski definition) is 4. The number of anilines is 3. The number of aliphatic hydroxyl groups excluding tert-OH is 1. The molecule has 0 saturated heterocycles. The van der Waals surface area contributed by atoms with Crippen LogP contribution in [0.3, 0.4) is 0 Å². The second-order valence-electron chi connectivity index (χ2n) is 5.17. The number of nitrogens with two attached hydrogens (primary N) is 1. The third-order valence-corrected chi connectivity index (χ3v) is 3.47. The molecule has 0 radical (unpaired) electrons. The summed E-state index contributed by atoms with van der Waals surface area (Å²) in [5.41, 5.74) is 8.65. The Labute approximate surface area is 148 Å². The quantitative estimate of drug-likeness (QED) is 0.550. The van der Waals surface area contributed by atoms with Crippen LogP contribution in [-0.2, 0) is 6.54 Å². The fourth-order valence-electron chi connectivity index (χ4n) is 2.31. The Balaban J connectivity index is 0.00000109. The van der Waals surface area contributed by atoms with E-state index in [0.29, 0.717) is 30.4 Å². The summed E-state index contributed by atoms with van der Waals surface area (Å²) in [7, 11) is 0. The van der Waals surface area contributed by atoms with Gasteiger partial charge in [-0.3, -0.25) is 4.98 Å². The summed E-state index contributed by atoms with van der Waals surface area (Å²) >= 11 is 0. The van der Waals surface area contributed by atoms with Crippen molar-refractivity contribution in [1.82, 2.24) is 9.97 Å². The molecule has 5 N–H and O–H groups in total. The number of pyridine rings is 2. The highest BCUT2D eigenvalue weighted by Gasteiger charge is 2.04. The number of nitrogens with zero attached hydrogens (tertiary/aromatic N) is 2. The molecule has 0 fully saturated rings. The van der Waals surface area contributed by atoms with Gasteiger partial charge in [-0.25, -0.2) is 4.98 Å². The molecule has 6 heteroatoms. The van der Waals surface area contributed by atoms with Gasteiger partial charge in [0, 0.05) is 24.7 Å². The van der Waals surface area contributed by atoms with Crippen LogP contribution < -0.4 is 16.4 Å². The van der Waals surface area contributed by atoms with Gasteiger partial charge in [-0.1, -0.05) is 26.0 Å². The van der Waals surface area contributed by atoms with Crippen molar-refractivity contribution in [3.8, 4) is 0 Å². The monoisotopic (exact) mass is 339 g/mol. The third kappa shape index (κ3) is 5.06. The molecule has 0 aliphatic carbocycles. The number of fused-ring (bicyclic) bond motifs is 1. The highest BCUT2D eigenvalue weighted by Crippen LogP contribution is 2.20. The van der Waals surface area contributed by atoms with Crippen LogP contribution in [0, 0.1) is 0 Å². The molecule has 0 atom stereocenters. The number of benzene rings is 1. The average Bonchev–Trinajstić information content (AvgIpc) is 2.67. The van der Waals surface area contributed by atoms with Crippen molar-refractivity contribution in [2.24, 2.45) is 0 Å². The topological polar surface area (TPSA) is 96.1 Å². The highest BCUT2D eigenvalue weighted by molar-refractivity contribution is 5.79. The molecule has 2 heterocycles. The predicted molar refractivity (Wildman–Crippen MR) is 105 cm³/mol. The third-order valence-electron chi connectivity index (χ3n) is 3.47. The first-order chi connectivity index (χ1) is 12.3. The molecule has 6 nitrogen and oxygen atoms in total. The molecule has 0 spiro atoms. The van der Waals surface area contributed by atoms with Crippen molar-refractivity contribution in [3.63, 3.8) is 0 Å². The maximum Gasteiger partial charge on any atom is 0.151 e. The first-order valence-electron chi connectivity index (χ1n) is 8.45. The van der Waals surface area contributed by atoms with Gasteiger partial charge in [-0.05, 0) is 35.9 Å². The highest BCUT2D eigenvalue weighted by atomic mass is 16.3. The van der Waals surface area contributed by atoms with E-state index in [0.717, 1.165) is 16.5 Å². The molecule has 132 valence electrons. The van der Waals surface area contributed by atoms with Crippen LogP contribution in [0.25, 0.3) is 10.9 Å². The first kappa shape index (κ1) is 18.5. The minimum absolute atomic E-state index is 0.0555. The van der Waals surface area contributed by atoms with E-state index in [4.69, 9.17) is 10.8 Å². The smallest absolute Gasteiger partial charge is 0.151 e. The summed E-state index contributed by atoms with van der Waals surface area (Å²) in [4.78, 5) is 8.73. The van der Waals surface area contributed by atoms with E-state index < -0.39 is 0 Å². The number of aromatic nitrogens is 2. The zero-order valence-corrected chi connectivity index (χ0v) is 14.7. The van der Waals surface area contributed by atoms with E-state index >= 15 is 0 Å². The standard InChI is InChI=1S/C17H19N5O.C2H6/c18-14-4-6-16(20-8-9-23)22-17(14)21-11-12-3-5-15-13(10-12)2-1-7-19-15;1-2/h1-7,10,23H,8-9,11,18H2,(H2,20,21,22);1-2H3. The summed E-state index contributed by atoms with van der Waals surface area (Å²) in [6.07, 6.45) is 1.79. The van der Waals surface area contributed by atoms with Crippen LogP contribution in [0.1, 0.15) is 19.4 Å². The Bertz CT molecular complexity index is 807. The second kappa shape index (κ2) is 9.44. The molecule has 3 rings (SSSR count). The Morgan fingerprint density at radius 3 is 2.72 bits per heavy atom. The van der Waals surface area contributed by atoms with Gasteiger partial charge in [0.15, 0.2) is 5.82 Å². The molecule has 0 aliphatic rings. The molecule has 2 aromatic heterocycles. The molecule has 0 aliphatic heterocycles. The minimum Gasteiger partial charge on any atom is -0.396 e. The van der Waals surface area contributed by atoms with Crippen LogP contribution in [0.15, 0.2) is 48.7 Å². The number of nitrogens with one attached hydrogen (secondary N) is 2. The molecular weight excluding hydrogens is 314 g/mol. The lowest BCUT2D eigenvalue weighted by Gasteiger charge is -2.11. The van der Waals surface area contributed by atoms with Gasteiger partial charge in [0.25, 0.3) is 0 Å². The van der Waals surface area contributed by atoms with Crippen molar-refractivity contribution in [1.29, 1.82) is 0 Å². The molecule has 25 heavy (non-hydrogen) atoms. The Morgan fingerprint density at radius 1 is 1.08 bits per heavy atom. The normalized spacial score (nSPS) is 10.0. The van der Waals surface area contributed by atoms with Crippen molar-refractivity contribution >= 4 is 28.2 Å². The summed E-state index contributed by atoms with van der Waals surface area (Å²) in [5.74, 6) is 1.30. The number of nitrogen functional groups attached to an aromatic ring is 1. The van der Waals surface area contributed by atoms with Gasteiger partial charge < -0.3 is 21.5 Å². The minimum atomic E-state index is 0.0555. The average molecular weight is 339 g/mol. The van der Waals surface area contributed by atoms with Crippen molar-refractivity contribution < 1.29 is 5.11 Å². The van der Waals surface area contributed by atoms with E-state index in [1.54, 1.807) is 18.3 Å². The molecular formula is C19H25N5O. The first-order valence-corrected chi connectivity index (χ1v) is 8.45. The number of rotatable bonds is 6. The van der Waals surface area contributed by atoms with Gasteiger partial charge >= 0.3 is 0 Å². The summed E-state index contributed by atoms with van der Waals surface area (Å²) in [6.45, 7) is 5.12. The molecule has 0 unspecified atom stereocenters. The predicted octanol–water partition coefficient (Wildman–Crippen LogP) is 3.25. The molecule has 0 amide bonds. The lowest BCUT2D eigenvalue weighted by molar-refractivity contribution is 0.311. The van der Waals surface area contributed by atoms with Gasteiger partial charge in [0.2, 0.25) is 0 Å². The van der Waals surface area contributed by atoms with Crippen LogP contribution in [-0.4, -0.2) is 28.2 Å². The lowest BCUT2D eigenvalue weighted by atomic mass is 10.1. The van der Waals surface area contributed by atoms with Crippen LogP contribution in [0.2, 0.25) is 0 Å². The molecule has 0 saturated carbocycles. The lowest BCUT2D eigenvalue weighted by Crippen LogP contribution is -2.10. The second-order valence-corrected chi connectivity index (χ2v) is 5.17. The van der Waals surface area contributed by atoms with E-state index in [1.807, 2.05) is 38.1 Å². The summed E-state index contributed by atoms with van der Waals surface area (Å²) in [6, 6.07) is 13.7. The van der Waals surface area contributed by atoms with E-state index in [-0.39, 0.29) is 6.61 Å². The van der Waals surface area contributed by atoms with Crippen LogP contribution in [0.4, 0.5) is 17.3 Å². The van der Waals surface area contributed by atoms with Gasteiger partial charge in [-0.15, -0.1) is 0 Å². The maximum absolute atomic E-state index is 8.85. The van der Waals surface area contributed by atoms with Gasteiger partial charge in [0.05, 0.1) is 17.8 Å². The Kier molecular flexibility index (Phi) is 6.98. The Hall–Kier alpha value is -2.86. The van der Waals surface area contributed by atoms with E-state index in [2.05, 4.69) is 26.7 Å². The largest absolute Gasteiger partial charge is 0.396 e. The van der Waals surface area contributed by atoms with E-state index in [9.17, 15) is 0 Å². The van der Waals surface area contributed by atoms with E-state index in [1.165, 1.54) is 0 Å². The molecule has 0 bridgehead atoms. The van der Waals surface area contributed by atoms with Crippen LogP contribution in [0.5, 0.6) is 0 Å². The summed E-state index contributed by atoms with van der Waals surface area (Å²) in [5, 5.41) is 16.2. The fourth-order valence-corrected chi connectivity index (χ4v) is 2.31. The summed E-state index contributed by atoms with van der Waals surface area (Å²) < 4.78 is 0. The van der Waals surface area contributed by atoms with Crippen molar-refractivity contribution in [2.75, 3.05) is 29.5 Å². The number of aliphatic hydroxyl groups is 1. The zero-order valence-electron chi connectivity index (χ0n) is 14.7. The molecule has 3 aromatic rings. The molecule has 1 aromatic carbocycles. The van der Waals surface area contributed by atoms with Crippen molar-refractivity contribution in [3.05, 3.63) is 54.2 Å². The van der Waals surface area contributed by atoms with Gasteiger partial charge in [-0.2, -0.15) is 0 Å². The SMILES string of the molecule is CC.Nc1ccc(NCCO)nc1NCc1ccc2ncccc2c1. The fraction of sp³-hybridized carbons (Fsp3) is 0.263. The van der Waals surface area contributed by atoms with Crippen LogP contribution >= 0.6 is 0 Å². The van der Waals surface area contributed by atoms with Crippen molar-refractivity contribution in [2.45, 2.75) is 20.4 Å². The Morgan fingerprint density at radius 2 is 1.92 bits per heavy atom. The maximum atomic E-state index is 8.85. The zero-order chi connectivity index (χ0) is 18.1.